The monoisotopic (exact) mass is 552 g/mol. The Morgan fingerprint density at radius 1 is 0.419 bits per heavy atom. The number of hydrogen-bond acceptors (Lipinski definition) is 5. The first-order chi connectivity index (χ1) is 21.3. The Morgan fingerprint density at radius 3 is 1.56 bits per heavy atom. The molecule has 0 fully saturated rings. The molecule has 0 unspecified atom stereocenters. The number of aromatic nitrogens is 4. The van der Waals surface area contributed by atoms with Crippen LogP contribution < -0.4 is 0 Å². The largest absolute Gasteiger partial charge is 0.438 e. The number of nitrogens with zero attached hydrogens (tertiary/aromatic N) is 4. The normalized spacial score (nSPS) is 11.3. The summed E-state index contributed by atoms with van der Waals surface area (Å²) in [5.41, 5.74) is 8.54. The van der Waals surface area contributed by atoms with Crippen LogP contribution in [-0.2, 0) is 0 Å². The number of fused-ring (bicyclic) bond motifs is 3. The van der Waals surface area contributed by atoms with Gasteiger partial charge in [0.15, 0.2) is 17.5 Å². The molecule has 3 heterocycles. The third-order valence-electron chi connectivity index (χ3n) is 7.63. The molecule has 0 bridgehead atoms. The maximum absolute atomic E-state index is 6.28. The number of hydrogen-bond donors (Lipinski definition) is 0. The third-order valence-corrected chi connectivity index (χ3v) is 7.63. The highest BCUT2D eigenvalue weighted by molar-refractivity contribution is 6.11. The topological polar surface area (TPSA) is 64.7 Å². The fourth-order valence-electron chi connectivity index (χ4n) is 5.49. The van der Waals surface area contributed by atoms with Crippen LogP contribution in [0.15, 0.2) is 150 Å². The van der Waals surface area contributed by atoms with Crippen LogP contribution in [0.3, 0.4) is 0 Å². The van der Waals surface area contributed by atoms with Crippen molar-refractivity contribution in [2.75, 3.05) is 0 Å². The lowest BCUT2D eigenvalue weighted by Crippen LogP contribution is -2.00. The van der Waals surface area contributed by atoms with E-state index in [1.165, 1.54) is 5.56 Å². The van der Waals surface area contributed by atoms with E-state index in [2.05, 4.69) is 59.6 Å². The Hall–Kier alpha value is -5.94. The van der Waals surface area contributed by atoms with E-state index in [-0.39, 0.29) is 0 Å². The summed E-state index contributed by atoms with van der Waals surface area (Å²) in [6, 6.07) is 47.1. The fraction of sp³-hybridized carbons (Fsp3) is 0. The molecule has 0 spiro atoms. The zero-order valence-corrected chi connectivity index (χ0v) is 23.1. The lowest BCUT2D eigenvalue weighted by molar-refractivity contribution is 0.654. The van der Waals surface area contributed by atoms with Crippen LogP contribution in [0.2, 0.25) is 0 Å². The molecule has 0 radical (unpaired) electrons. The molecule has 8 aromatic rings. The van der Waals surface area contributed by atoms with Crippen molar-refractivity contribution < 1.29 is 4.42 Å². The van der Waals surface area contributed by atoms with Gasteiger partial charge in [0.1, 0.15) is 5.58 Å². The van der Waals surface area contributed by atoms with Gasteiger partial charge in [0.2, 0.25) is 5.71 Å². The predicted octanol–water partition coefficient (Wildman–Crippen LogP) is 9.50. The summed E-state index contributed by atoms with van der Waals surface area (Å²) in [6.07, 6.45) is 1.79. The molecule has 0 aliphatic carbocycles. The smallest absolute Gasteiger partial charge is 0.227 e. The molecule has 8 rings (SSSR count). The summed E-state index contributed by atoms with van der Waals surface area (Å²) in [5.74, 6) is 1.81. The van der Waals surface area contributed by atoms with Gasteiger partial charge in [-0.05, 0) is 40.5 Å². The Kier molecular flexibility index (Phi) is 6.05. The van der Waals surface area contributed by atoms with Crippen LogP contribution >= 0.6 is 0 Å². The summed E-state index contributed by atoms with van der Waals surface area (Å²) in [7, 11) is 0. The second-order valence-electron chi connectivity index (χ2n) is 10.3. The van der Waals surface area contributed by atoms with Crippen LogP contribution in [0.5, 0.6) is 0 Å². The molecule has 5 heteroatoms. The Bertz CT molecular complexity index is 2210. The number of benzene rings is 5. The highest BCUT2D eigenvalue weighted by Crippen LogP contribution is 2.37. The average Bonchev–Trinajstić information content (AvgIpc) is 3.47. The summed E-state index contributed by atoms with van der Waals surface area (Å²) in [4.78, 5) is 19.3. The number of furan rings is 1. The van der Waals surface area contributed by atoms with Gasteiger partial charge in [-0.1, -0.05) is 121 Å². The van der Waals surface area contributed by atoms with Crippen molar-refractivity contribution in [1.29, 1.82) is 0 Å². The SMILES string of the molecule is c1ccc(-c2ccc(-c3nc(-c4ccccc4)nc(-c4ccc5c(c4)oc4nccc(-c6ccccc6)c45)n3)cc2)cc1. The first kappa shape index (κ1) is 24.8. The summed E-state index contributed by atoms with van der Waals surface area (Å²) < 4.78 is 6.28. The molecule has 0 aliphatic rings. The Balaban J connectivity index is 1.26. The highest BCUT2D eigenvalue weighted by atomic mass is 16.3. The van der Waals surface area contributed by atoms with Gasteiger partial charge in [-0.25, -0.2) is 19.9 Å². The second-order valence-corrected chi connectivity index (χ2v) is 10.3. The number of pyridine rings is 1. The van der Waals surface area contributed by atoms with E-state index in [1.54, 1.807) is 6.20 Å². The van der Waals surface area contributed by atoms with Gasteiger partial charge < -0.3 is 4.42 Å². The highest BCUT2D eigenvalue weighted by Gasteiger charge is 2.17. The van der Waals surface area contributed by atoms with E-state index in [9.17, 15) is 0 Å². The molecule has 202 valence electrons. The third kappa shape index (κ3) is 4.63. The van der Waals surface area contributed by atoms with Crippen molar-refractivity contribution >= 4 is 22.1 Å². The van der Waals surface area contributed by atoms with E-state index in [0.29, 0.717) is 23.2 Å². The van der Waals surface area contributed by atoms with Gasteiger partial charge in [-0.2, -0.15) is 0 Å². The second kappa shape index (κ2) is 10.5. The maximum Gasteiger partial charge on any atom is 0.227 e. The Morgan fingerprint density at radius 2 is 0.907 bits per heavy atom. The lowest BCUT2D eigenvalue weighted by Gasteiger charge is -2.09. The van der Waals surface area contributed by atoms with E-state index < -0.39 is 0 Å². The minimum absolute atomic E-state index is 0.578. The molecule has 0 saturated carbocycles. The molecule has 43 heavy (non-hydrogen) atoms. The lowest BCUT2D eigenvalue weighted by atomic mass is 10.0. The van der Waals surface area contributed by atoms with Gasteiger partial charge in [0, 0.05) is 28.3 Å². The molecular formula is C38H24N4O. The van der Waals surface area contributed by atoms with Crippen LogP contribution in [0, 0.1) is 0 Å². The van der Waals surface area contributed by atoms with E-state index in [1.807, 2.05) is 84.9 Å². The standard InChI is InChI=1S/C38H24N4O/c1-4-10-25(11-5-1)26-16-18-29(19-17-26)36-40-35(28-14-8-3-9-15-28)41-37(42-36)30-20-21-32-33(24-30)43-38-34(32)31(22-23-39-38)27-12-6-2-7-13-27/h1-24H. The summed E-state index contributed by atoms with van der Waals surface area (Å²) in [6.45, 7) is 0. The molecule has 0 aliphatic heterocycles. The minimum Gasteiger partial charge on any atom is -0.438 e. The molecule has 3 aromatic heterocycles. The molecule has 0 saturated heterocycles. The quantitative estimate of drug-likeness (QED) is 0.213. The van der Waals surface area contributed by atoms with Gasteiger partial charge in [-0.15, -0.1) is 0 Å². The van der Waals surface area contributed by atoms with Crippen LogP contribution in [-0.4, -0.2) is 19.9 Å². The van der Waals surface area contributed by atoms with Crippen molar-refractivity contribution in [2.24, 2.45) is 0 Å². The first-order valence-corrected chi connectivity index (χ1v) is 14.1. The summed E-state index contributed by atoms with van der Waals surface area (Å²) >= 11 is 0. The van der Waals surface area contributed by atoms with Crippen LogP contribution in [0.4, 0.5) is 0 Å². The predicted molar refractivity (Wildman–Crippen MR) is 172 cm³/mol. The van der Waals surface area contributed by atoms with Gasteiger partial charge in [-0.3, -0.25) is 0 Å². The van der Waals surface area contributed by atoms with Crippen molar-refractivity contribution in [3.05, 3.63) is 146 Å². The molecular weight excluding hydrogens is 528 g/mol. The molecule has 0 atom stereocenters. The summed E-state index contributed by atoms with van der Waals surface area (Å²) in [5, 5.41) is 2.00. The van der Waals surface area contributed by atoms with Crippen LogP contribution in [0.25, 0.3) is 78.5 Å². The van der Waals surface area contributed by atoms with Crippen LogP contribution in [0.1, 0.15) is 0 Å². The molecule has 5 aromatic carbocycles. The Labute approximate surface area is 248 Å². The van der Waals surface area contributed by atoms with Crippen molar-refractivity contribution in [1.82, 2.24) is 19.9 Å². The number of rotatable bonds is 5. The first-order valence-electron chi connectivity index (χ1n) is 14.1. The molecule has 5 nitrogen and oxygen atoms in total. The van der Waals surface area contributed by atoms with Gasteiger partial charge in [0.05, 0.1) is 5.39 Å². The fourth-order valence-corrected chi connectivity index (χ4v) is 5.49. The average molecular weight is 553 g/mol. The zero-order chi connectivity index (χ0) is 28.6. The van der Waals surface area contributed by atoms with Crippen molar-refractivity contribution in [2.45, 2.75) is 0 Å². The van der Waals surface area contributed by atoms with E-state index >= 15 is 0 Å². The molecule has 0 amide bonds. The van der Waals surface area contributed by atoms with E-state index in [0.717, 1.165) is 49.7 Å². The maximum atomic E-state index is 6.28. The van der Waals surface area contributed by atoms with E-state index in [4.69, 9.17) is 19.4 Å². The molecule has 0 N–H and O–H groups in total. The van der Waals surface area contributed by atoms with Gasteiger partial charge >= 0.3 is 0 Å². The van der Waals surface area contributed by atoms with Crippen molar-refractivity contribution in [3.8, 4) is 56.4 Å². The zero-order valence-electron chi connectivity index (χ0n) is 23.1. The van der Waals surface area contributed by atoms with Gasteiger partial charge in [0.25, 0.3) is 0 Å². The van der Waals surface area contributed by atoms with Crippen molar-refractivity contribution in [3.63, 3.8) is 0 Å². The minimum atomic E-state index is 0.578.